The number of hydrogen-bond donors (Lipinski definition) is 0. The van der Waals surface area contributed by atoms with E-state index >= 15 is 0 Å². The van der Waals surface area contributed by atoms with Crippen molar-refractivity contribution >= 4 is 17.0 Å². The van der Waals surface area contributed by atoms with Gasteiger partial charge in [-0.25, -0.2) is 9.67 Å². The third kappa shape index (κ3) is 3.32. The van der Waals surface area contributed by atoms with Crippen LogP contribution in [0.3, 0.4) is 0 Å². The van der Waals surface area contributed by atoms with Crippen molar-refractivity contribution in [1.29, 1.82) is 0 Å². The maximum Gasteiger partial charge on any atom is 0.209 e. The lowest BCUT2D eigenvalue weighted by atomic mass is 10.1. The Morgan fingerprint density at radius 2 is 1.73 bits per heavy atom. The van der Waals surface area contributed by atoms with Gasteiger partial charge in [-0.3, -0.25) is 0 Å². The highest BCUT2D eigenvalue weighted by atomic mass is 32.1. The Kier molecular flexibility index (Phi) is 4.91. The van der Waals surface area contributed by atoms with E-state index in [0.717, 1.165) is 36.8 Å². The lowest BCUT2D eigenvalue weighted by Crippen LogP contribution is -2.48. The molecule has 2 heterocycles. The number of aryl methyl sites for hydroxylation is 1. The monoisotopic (exact) mass is 365 g/mol. The molecule has 0 bridgehead atoms. The molecule has 1 aliphatic heterocycles. The molecule has 134 valence electrons. The maximum absolute atomic E-state index is 5.55. The molecule has 0 radical (unpaired) electrons. The molecule has 1 aromatic heterocycles. The third-order valence-electron chi connectivity index (χ3n) is 4.82. The van der Waals surface area contributed by atoms with Crippen molar-refractivity contribution in [3.63, 3.8) is 0 Å². The van der Waals surface area contributed by atoms with Gasteiger partial charge in [-0.2, -0.15) is 0 Å². The summed E-state index contributed by atoms with van der Waals surface area (Å²) in [7, 11) is 0. The van der Waals surface area contributed by atoms with Gasteiger partial charge in [0.15, 0.2) is 0 Å². The Morgan fingerprint density at radius 3 is 2.50 bits per heavy atom. The van der Waals surface area contributed by atoms with E-state index in [2.05, 4.69) is 77.4 Å². The molecule has 0 saturated carbocycles. The molecule has 4 nitrogen and oxygen atoms in total. The molecule has 2 aromatic carbocycles. The fourth-order valence-electron chi connectivity index (χ4n) is 3.17. The molecule has 0 unspecified atom stereocenters. The van der Waals surface area contributed by atoms with Crippen molar-refractivity contribution in [1.82, 2.24) is 4.68 Å². The van der Waals surface area contributed by atoms with E-state index in [9.17, 15) is 0 Å². The molecule has 4 rings (SSSR count). The Bertz CT molecular complexity index is 953. The first kappa shape index (κ1) is 17.1. The van der Waals surface area contributed by atoms with E-state index < -0.39 is 0 Å². The maximum atomic E-state index is 5.55. The number of thiazole rings is 1. The van der Waals surface area contributed by atoms with Crippen molar-refractivity contribution in [2.75, 3.05) is 31.3 Å². The predicted octanol–water partition coefficient (Wildman–Crippen LogP) is 4.03. The summed E-state index contributed by atoms with van der Waals surface area (Å²) < 4.78 is 7.82. The minimum absolute atomic E-state index is 0.750. The fraction of sp³-hybridized carbons (Fsp3) is 0.286. The van der Waals surface area contributed by atoms with E-state index in [1.54, 1.807) is 11.3 Å². The zero-order valence-corrected chi connectivity index (χ0v) is 16.0. The van der Waals surface area contributed by atoms with Crippen LogP contribution in [0.25, 0.3) is 11.3 Å². The standard InChI is InChI=1S/C21H23N3OS/c1-16-7-6-10-19(17(16)2)22-21-24(23-11-13-25-14-12-23)20(15-26-21)18-8-4-3-5-9-18/h3-10,15H,11-14H2,1-2H3. The summed E-state index contributed by atoms with van der Waals surface area (Å²) in [5.74, 6) is 0. The summed E-state index contributed by atoms with van der Waals surface area (Å²) in [4.78, 5) is 6.02. The number of nitrogens with zero attached hydrogens (tertiary/aromatic N) is 3. The molecule has 1 fully saturated rings. The summed E-state index contributed by atoms with van der Waals surface area (Å²) in [5, 5.41) is 4.54. The van der Waals surface area contributed by atoms with Crippen LogP contribution in [0.2, 0.25) is 0 Å². The topological polar surface area (TPSA) is 29.8 Å². The second kappa shape index (κ2) is 7.48. The van der Waals surface area contributed by atoms with Crippen molar-refractivity contribution in [2.45, 2.75) is 13.8 Å². The Balaban J connectivity index is 1.88. The molecule has 26 heavy (non-hydrogen) atoms. The lowest BCUT2D eigenvalue weighted by Gasteiger charge is -2.31. The number of hydrogen-bond acceptors (Lipinski definition) is 4. The Morgan fingerprint density at radius 1 is 0.962 bits per heavy atom. The molecule has 0 aliphatic carbocycles. The summed E-state index contributed by atoms with van der Waals surface area (Å²) >= 11 is 1.69. The van der Waals surface area contributed by atoms with Gasteiger partial charge in [0, 0.05) is 10.9 Å². The van der Waals surface area contributed by atoms with Crippen molar-refractivity contribution in [3.05, 3.63) is 69.8 Å². The van der Waals surface area contributed by atoms with Crippen LogP contribution in [0.4, 0.5) is 5.69 Å². The quantitative estimate of drug-likeness (QED) is 0.701. The SMILES string of the molecule is Cc1cccc(N=c2scc(-c3ccccc3)n2N2CCOCC2)c1C. The molecular weight excluding hydrogens is 342 g/mol. The number of rotatable bonds is 3. The highest BCUT2D eigenvalue weighted by Gasteiger charge is 2.17. The first-order valence-corrected chi connectivity index (χ1v) is 9.82. The molecule has 1 aliphatic rings. The average Bonchev–Trinajstić information content (AvgIpc) is 3.10. The van der Waals surface area contributed by atoms with E-state index in [-0.39, 0.29) is 0 Å². The molecule has 0 N–H and O–H groups in total. The largest absolute Gasteiger partial charge is 0.378 e. The van der Waals surface area contributed by atoms with Gasteiger partial charge in [0.1, 0.15) is 0 Å². The normalized spacial score (nSPS) is 15.5. The van der Waals surface area contributed by atoms with Crippen LogP contribution in [0.15, 0.2) is 58.9 Å². The van der Waals surface area contributed by atoms with Gasteiger partial charge in [-0.1, -0.05) is 42.5 Å². The summed E-state index contributed by atoms with van der Waals surface area (Å²) in [5.41, 5.74) is 5.92. The van der Waals surface area contributed by atoms with Crippen molar-refractivity contribution < 1.29 is 4.74 Å². The van der Waals surface area contributed by atoms with Crippen LogP contribution in [-0.4, -0.2) is 31.0 Å². The van der Waals surface area contributed by atoms with Gasteiger partial charge in [0.25, 0.3) is 0 Å². The van der Waals surface area contributed by atoms with Crippen molar-refractivity contribution in [3.8, 4) is 11.3 Å². The molecule has 3 aromatic rings. The average molecular weight is 366 g/mol. The van der Waals surface area contributed by atoms with Crippen LogP contribution < -0.4 is 9.81 Å². The Labute approximate surface area is 158 Å². The molecule has 5 heteroatoms. The highest BCUT2D eigenvalue weighted by molar-refractivity contribution is 7.07. The minimum atomic E-state index is 0.750. The molecule has 0 spiro atoms. The summed E-state index contributed by atoms with van der Waals surface area (Å²) in [6.07, 6.45) is 0. The molecule has 0 amide bonds. The van der Waals surface area contributed by atoms with Gasteiger partial charge >= 0.3 is 0 Å². The first-order chi connectivity index (χ1) is 12.7. The van der Waals surface area contributed by atoms with Crippen molar-refractivity contribution in [2.24, 2.45) is 4.99 Å². The van der Waals surface area contributed by atoms with Crippen LogP contribution in [-0.2, 0) is 4.74 Å². The van der Waals surface area contributed by atoms with Gasteiger partial charge in [0.05, 0.1) is 37.7 Å². The molecular formula is C21H23N3OS. The second-order valence-corrected chi connectivity index (χ2v) is 7.31. The molecule has 1 saturated heterocycles. The van der Waals surface area contributed by atoms with Gasteiger partial charge in [-0.05, 0) is 31.0 Å². The fourth-order valence-corrected chi connectivity index (χ4v) is 4.09. The summed E-state index contributed by atoms with van der Waals surface area (Å²) in [6.45, 7) is 7.51. The summed E-state index contributed by atoms with van der Waals surface area (Å²) in [6, 6.07) is 16.8. The minimum Gasteiger partial charge on any atom is -0.378 e. The highest BCUT2D eigenvalue weighted by Crippen LogP contribution is 2.23. The van der Waals surface area contributed by atoms with E-state index in [1.165, 1.54) is 22.4 Å². The number of ether oxygens (including phenoxy) is 1. The van der Waals surface area contributed by atoms with Gasteiger partial charge < -0.3 is 9.75 Å². The van der Waals surface area contributed by atoms with Crippen LogP contribution in [0.1, 0.15) is 11.1 Å². The van der Waals surface area contributed by atoms with E-state index in [0.29, 0.717) is 0 Å². The Hall–Kier alpha value is -2.37. The van der Waals surface area contributed by atoms with Crippen LogP contribution in [0, 0.1) is 13.8 Å². The van der Waals surface area contributed by atoms with E-state index in [4.69, 9.17) is 9.73 Å². The van der Waals surface area contributed by atoms with Crippen LogP contribution >= 0.6 is 11.3 Å². The number of benzene rings is 2. The smallest absolute Gasteiger partial charge is 0.209 e. The zero-order valence-electron chi connectivity index (χ0n) is 15.2. The van der Waals surface area contributed by atoms with Gasteiger partial charge in [0.2, 0.25) is 4.80 Å². The first-order valence-electron chi connectivity index (χ1n) is 8.94. The number of morpholine rings is 1. The zero-order chi connectivity index (χ0) is 17.9. The van der Waals surface area contributed by atoms with E-state index in [1.807, 2.05) is 0 Å². The lowest BCUT2D eigenvalue weighted by molar-refractivity contribution is 0.111. The number of aromatic nitrogens is 1. The second-order valence-electron chi connectivity index (χ2n) is 6.48. The van der Waals surface area contributed by atoms with Gasteiger partial charge in [-0.15, -0.1) is 11.3 Å². The third-order valence-corrected chi connectivity index (χ3v) is 5.63. The predicted molar refractivity (Wildman–Crippen MR) is 108 cm³/mol. The van der Waals surface area contributed by atoms with Crippen LogP contribution in [0.5, 0.6) is 0 Å². The molecule has 0 atom stereocenters.